The standard InChI is InChI=1S/C14H13N2/c1-2-12-4-3-5-13(10-12)6-7-14-8-9-15-11-16-14/h3,5-11H,2H2,1H3. The Morgan fingerprint density at radius 2 is 2.25 bits per heavy atom. The SMILES string of the molecule is CCc1[c]ccc(C=Cc2ccncn2)c1. The van der Waals surface area contributed by atoms with E-state index in [2.05, 4.69) is 35.1 Å². The highest BCUT2D eigenvalue weighted by Gasteiger charge is 1.91. The fourth-order valence-electron chi connectivity index (χ4n) is 1.42. The van der Waals surface area contributed by atoms with Gasteiger partial charge in [0.25, 0.3) is 0 Å². The maximum atomic E-state index is 4.13. The first-order chi connectivity index (χ1) is 7.88. The lowest BCUT2D eigenvalue weighted by molar-refractivity contribution is 1.13. The molecule has 0 saturated carbocycles. The van der Waals surface area contributed by atoms with Crippen LogP contribution in [0.4, 0.5) is 0 Å². The Labute approximate surface area is 95.7 Å². The molecule has 0 aliphatic carbocycles. The first-order valence-corrected chi connectivity index (χ1v) is 5.33. The van der Waals surface area contributed by atoms with Crippen LogP contribution in [0.5, 0.6) is 0 Å². The molecule has 0 aliphatic rings. The van der Waals surface area contributed by atoms with E-state index in [1.54, 1.807) is 12.5 Å². The molecule has 2 rings (SSSR count). The summed E-state index contributed by atoms with van der Waals surface area (Å²) in [4.78, 5) is 8.01. The van der Waals surface area contributed by atoms with Gasteiger partial charge in [-0.15, -0.1) is 0 Å². The monoisotopic (exact) mass is 209 g/mol. The summed E-state index contributed by atoms with van der Waals surface area (Å²) in [6.45, 7) is 2.13. The first kappa shape index (κ1) is 10.6. The first-order valence-electron chi connectivity index (χ1n) is 5.33. The molecule has 16 heavy (non-hydrogen) atoms. The lowest BCUT2D eigenvalue weighted by atomic mass is 10.1. The van der Waals surface area contributed by atoms with Gasteiger partial charge in [-0.2, -0.15) is 0 Å². The number of aryl methyl sites for hydroxylation is 1. The lowest BCUT2D eigenvalue weighted by Crippen LogP contribution is -1.82. The van der Waals surface area contributed by atoms with Crippen molar-refractivity contribution in [2.24, 2.45) is 0 Å². The van der Waals surface area contributed by atoms with Crippen LogP contribution in [0.15, 0.2) is 36.8 Å². The minimum absolute atomic E-state index is 0.917. The zero-order chi connectivity index (χ0) is 11.2. The van der Waals surface area contributed by atoms with Crippen molar-refractivity contribution in [3.63, 3.8) is 0 Å². The van der Waals surface area contributed by atoms with Gasteiger partial charge >= 0.3 is 0 Å². The molecule has 0 saturated heterocycles. The summed E-state index contributed by atoms with van der Waals surface area (Å²) in [5.41, 5.74) is 3.32. The van der Waals surface area contributed by atoms with E-state index < -0.39 is 0 Å². The molecule has 79 valence electrons. The van der Waals surface area contributed by atoms with Gasteiger partial charge in [-0.05, 0) is 35.8 Å². The van der Waals surface area contributed by atoms with E-state index in [4.69, 9.17) is 0 Å². The van der Waals surface area contributed by atoms with Gasteiger partial charge in [-0.1, -0.05) is 31.2 Å². The normalized spacial score (nSPS) is 10.8. The maximum absolute atomic E-state index is 4.13. The topological polar surface area (TPSA) is 25.8 Å². The molecule has 1 aromatic carbocycles. The molecule has 2 heteroatoms. The van der Waals surface area contributed by atoms with Crippen LogP contribution < -0.4 is 0 Å². The van der Waals surface area contributed by atoms with Gasteiger partial charge in [0, 0.05) is 6.20 Å². The molecular weight excluding hydrogens is 196 g/mol. The van der Waals surface area contributed by atoms with Gasteiger partial charge in [0.2, 0.25) is 0 Å². The molecule has 1 aromatic heterocycles. The van der Waals surface area contributed by atoms with E-state index in [0.717, 1.165) is 12.1 Å². The van der Waals surface area contributed by atoms with E-state index in [9.17, 15) is 0 Å². The predicted octanol–water partition coefficient (Wildman–Crippen LogP) is 3.01. The van der Waals surface area contributed by atoms with Crippen LogP contribution in [0.1, 0.15) is 23.7 Å². The quantitative estimate of drug-likeness (QED) is 0.776. The van der Waals surface area contributed by atoms with Crippen LogP contribution in [0.3, 0.4) is 0 Å². The van der Waals surface area contributed by atoms with Crippen molar-refractivity contribution >= 4 is 12.2 Å². The smallest absolute Gasteiger partial charge is 0.115 e. The molecule has 0 N–H and O–H groups in total. The van der Waals surface area contributed by atoms with Gasteiger partial charge in [0.05, 0.1) is 5.69 Å². The predicted molar refractivity (Wildman–Crippen MR) is 65.6 cm³/mol. The summed E-state index contributed by atoms with van der Waals surface area (Å²) >= 11 is 0. The highest BCUT2D eigenvalue weighted by Crippen LogP contribution is 2.08. The second-order valence-corrected chi connectivity index (χ2v) is 3.47. The Balaban J connectivity index is 2.17. The minimum Gasteiger partial charge on any atom is -0.245 e. The molecule has 0 unspecified atom stereocenters. The van der Waals surface area contributed by atoms with Gasteiger partial charge in [0.1, 0.15) is 6.33 Å². The third kappa shape index (κ3) is 2.76. The highest BCUT2D eigenvalue weighted by atomic mass is 14.8. The van der Waals surface area contributed by atoms with Gasteiger partial charge in [-0.25, -0.2) is 9.97 Å². The summed E-state index contributed by atoms with van der Waals surface area (Å²) in [5.74, 6) is 0. The molecule has 2 nitrogen and oxygen atoms in total. The average Bonchev–Trinajstić information content (AvgIpc) is 2.38. The fourth-order valence-corrected chi connectivity index (χ4v) is 1.42. The number of nitrogens with zero attached hydrogens (tertiary/aromatic N) is 2. The van der Waals surface area contributed by atoms with Gasteiger partial charge in [-0.3, -0.25) is 0 Å². The third-order valence-corrected chi connectivity index (χ3v) is 2.32. The van der Waals surface area contributed by atoms with Crippen LogP contribution in [-0.4, -0.2) is 9.97 Å². The van der Waals surface area contributed by atoms with Crippen molar-refractivity contribution in [3.05, 3.63) is 59.7 Å². The van der Waals surface area contributed by atoms with Crippen molar-refractivity contribution in [2.75, 3.05) is 0 Å². The van der Waals surface area contributed by atoms with Crippen LogP contribution in [0, 0.1) is 6.07 Å². The molecule has 2 aromatic rings. The third-order valence-electron chi connectivity index (χ3n) is 2.32. The summed E-state index contributed by atoms with van der Waals surface area (Å²) < 4.78 is 0. The summed E-state index contributed by atoms with van der Waals surface area (Å²) in [6.07, 6.45) is 8.33. The fraction of sp³-hybridized carbons (Fsp3) is 0.143. The van der Waals surface area contributed by atoms with Crippen molar-refractivity contribution in [3.8, 4) is 0 Å². The average molecular weight is 209 g/mol. The Morgan fingerprint density at radius 1 is 1.31 bits per heavy atom. The van der Waals surface area contributed by atoms with Crippen molar-refractivity contribution in [1.82, 2.24) is 9.97 Å². The number of hydrogen-bond acceptors (Lipinski definition) is 2. The van der Waals surface area contributed by atoms with E-state index >= 15 is 0 Å². The number of rotatable bonds is 3. The van der Waals surface area contributed by atoms with Crippen molar-refractivity contribution in [2.45, 2.75) is 13.3 Å². The highest BCUT2D eigenvalue weighted by molar-refractivity contribution is 5.67. The number of hydrogen-bond donors (Lipinski definition) is 0. The Hall–Kier alpha value is -1.96. The second-order valence-electron chi connectivity index (χ2n) is 3.47. The van der Waals surface area contributed by atoms with Crippen LogP contribution in [-0.2, 0) is 6.42 Å². The summed E-state index contributed by atoms with van der Waals surface area (Å²) in [7, 11) is 0. The van der Waals surface area contributed by atoms with Crippen LogP contribution in [0.25, 0.3) is 12.2 Å². The minimum atomic E-state index is 0.917. The van der Waals surface area contributed by atoms with E-state index in [1.165, 1.54) is 11.1 Å². The number of aromatic nitrogens is 2. The zero-order valence-corrected chi connectivity index (χ0v) is 9.22. The van der Waals surface area contributed by atoms with Crippen molar-refractivity contribution in [1.29, 1.82) is 0 Å². The largest absolute Gasteiger partial charge is 0.245 e. The van der Waals surface area contributed by atoms with E-state index in [0.29, 0.717) is 0 Å². The van der Waals surface area contributed by atoms with Gasteiger partial charge in [0.15, 0.2) is 0 Å². The Bertz CT molecular complexity index is 475. The van der Waals surface area contributed by atoms with E-state index in [1.807, 2.05) is 24.3 Å². The van der Waals surface area contributed by atoms with Gasteiger partial charge < -0.3 is 0 Å². The molecule has 0 aliphatic heterocycles. The Kier molecular flexibility index (Phi) is 3.44. The molecule has 0 spiro atoms. The molecule has 0 fully saturated rings. The maximum Gasteiger partial charge on any atom is 0.115 e. The lowest BCUT2D eigenvalue weighted by Gasteiger charge is -1.97. The Morgan fingerprint density at radius 3 is 3.00 bits per heavy atom. The molecular formula is C14H13N2. The molecule has 0 amide bonds. The molecule has 0 atom stereocenters. The number of benzene rings is 1. The van der Waals surface area contributed by atoms with E-state index in [-0.39, 0.29) is 0 Å². The van der Waals surface area contributed by atoms with Crippen LogP contribution in [0.2, 0.25) is 0 Å². The summed E-state index contributed by atoms with van der Waals surface area (Å²) in [6, 6.07) is 11.2. The van der Waals surface area contributed by atoms with Crippen LogP contribution >= 0.6 is 0 Å². The molecule has 1 radical (unpaired) electrons. The second kappa shape index (κ2) is 5.21. The zero-order valence-electron chi connectivity index (χ0n) is 9.22. The molecule has 0 bridgehead atoms. The molecule has 1 heterocycles. The van der Waals surface area contributed by atoms with Crippen molar-refractivity contribution < 1.29 is 0 Å². The summed E-state index contributed by atoms with van der Waals surface area (Å²) in [5, 5.41) is 0.